The summed E-state index contributed by atoms with van der Waals surface area (Å²) in [5, 5.41) is 8.75. The minimum Gasteiger partial charge on any atom is -0.485 e. The van der Waals surface area contributed by atoms with E-state index < -0.39 is 11.5 Å². The van der Waals surface area contributed by atoms with E-state index >= 15 is 0 Å². The van der Waals surface area contributed by atoms with Crippen molar-refractivity contribution in [3.63, 3.8) is 0 Å². The number of hydrogen-bond donors (Lipinski definition) is 0. The summed E-state index contributed by atoms with van der Waals surface area (Å²) in [5.74, 6) is 3.84. The molecule has 1 atom stereocenters. The smallest absolute Gasteiger partial charge is 0.260 e. The Kier molecular flexibility index (Phi) is 4.05. The van der Waals surface area contributed by atoms with Gasteiger partial charge >= 0.3 is 0 Å². The Balaban J connectivity index is 1.35. The van der Waals surface area contributed by atoms with E-state index in [1.165, 1.54) is 0 Å². The van der Waals surface area contributed by atoms with E-state index in [1.54, 1.807) is 0 Å². The van der Waals surface area contributed by atoms with Crippen molar-refractivity contribution in [1.29, 1.82) is 0 Å². The monoisotopic (exact) mass is 408 g/mol. The highest BCUT2D eigenvalue weighted by Crippen LogP contribution is 2.45. The lowest BCUT2D eigenvalue weighted by Crippen LogP contribution is -2.35. The van der Waals surface area contributed by atoms with Crippen molar-refractivity contribution in [2.75, 3.05) is 26.6 Å². The molecule has 6 rings (SSSR count). The quantitative estimate of drug-likeness (QED) is 0.652. The van der Waals surface area contributed by atoms with Crippen LogP contribution in [0.5, 0.6) is 23.0 Å². The van der Waals surface area contributed by atoms with Crippen LogP contribution in [0.2, 0.25) is 0 Å². The fourth-order valence-electron chi connectivity index (χ4n) is 4.24. The zero-order valence-electron chi connectivity index (χ0n) is 16.2. The van der Waals surface area contributed by atoms with Gasteiger partial charge in [0.1, 0.15) is 6.61 Å². The van der Waals surface area contributed by atoms with Gasteiger partial charge in [0.2, 0.25) is 18.8 Å². The summed E-state index contributed by atoms with van der Waals surface area (Å²) in [6.07, 6.45) is 1.02. The average molecular weight is 408 g/mol. The highest BCUT2D eigenvalue weighted by Gasteiger charge is 2.43. The zero-order chi connectivity index (χ0) is 20.0. The second-order valence-corrected chi connectivity index (χ2v) is 7.57. The van der Waals surface area contributed by atoms with Gasteiger partial charge in [0.05, 0.1) is 5.41 Å². The van der Waals surface area contributed by atoms with Crippen LogP contribution in [-0.2, 0) is 10.2 Å². The Morgan fingerprint density at radius 2 is 1.63 bits per heavy atom. The van der Waals surface area contributed by atoms with Gasteiger partial charge < -0.3 is 28.1 Å². The summed E-state index contributed by atoms with van der Waals surface area (Å²) in [6.45, 7) is 1.78. The predicted molar refractivity (Wildman–Crippen MR) is 103 cm³/mol. The van der Waals surface area contributed by atoms with E-state index in [4.69, 9.17) is 28.1 Å². The molecule has 0 spiro atoms. The van der Waals surface area contributed by atoms with Crippen LogP contribution in [0.3, 0.4) is 0 Å². The molecule has 0 saturated carbocycles. The van der Waals surface area contributed by atoms with Gasteiger partial charge in [-0.25, -0.2) is 0 Å². The molecule has 0 radical (unpaired) electrons. The first-order valence-electron chi connectivity index (χ1n) is 10.0. The Morgan fingerprint density at radius 1 is 0.833 bits per heavy atom. The van der Waals surface area contributed by atoms with Crippen LogP contribution in [0.15, 0.2) is 46.9 Å². The van der Waals surface area contributed by atoms with Gasteiger partial charge in [0, 0.05) is 13.2 Å². The van der Waals surface area contributed by atoms with Gasteiger partial charge in [-0.15, -0.1) is 10.2 Å². The molecule has 8 heteroatoms. The molecule has 0 bridgehead atoms. The summed E-state index contributed by atoms with van der Waals surface area (Å²) >= 11 is 0. The van der Waals surface area contributed by atoms with Crippen molar-refractivity contribution in [2.24, 2.45) is 0 Å². The van der Waals surface area contributed by atoms with Crippen LogP contribution in [0.4, 0.5) is 0 Å². The maximum Gasteiger partial charge on any atom is 0.260 e. The first kappa shape index (κ1) is 17.6. The molecule has 8 nitrogen and oxygen atoms in total. The molecular formula is C22H20N2O6. The number of hydrogen-bond acceptors (Lipinski definition) is 8. The highest BCUT2D eigenvalue weighted by molar-refractivity contribution is 5.48. The Hall–Kier alpha value is -3.26. The van der Waals surface area contributed by atoms with Crippen molar-refractivity contribution >= 4 is 0 Å². The van der Waals surface area contributed by atoms with Crippen molar-refractivity contribution in [3.05, 3.63) is 59.8 Å². The topological polar surface area (TPSA) is 85.1 Å². The van der Waals surface area contributed by atoms with Crippen LogP contribution in [0.1, 0.15) is 36.3 Å². The fourth-order valence-corrected chi connectivity index (χ4v) is 4.24. The van der Waals surface area contributed by atoms with Gasteiger partial charge in [-0.1, -0.05) is 18.2 Å². The van der Waals surface area contributed by atoms with Crippen LogP contribution in [0, 0.1) is 0 Å². The van der Waals surface area contributed by atoms with Crippen LogP contribution >= 0.6 is 0 Å². The number of ether oxygens (including phenoxy) is 5. The molecule has 0 N–H and O–H groups in total. The Labute approximate surface area is 172 Å². The van der Waals surface area contributed by atoms with Crippen molar-refractivity contribution < 1.29 is 28.1 Å². The van der Waals surface area contributed by atoms with E-state index in [9.17, 15) is 0 Å². The Bertz CT molecular complexity index is 1070. The molecule has 3 aromatic rings. The molecule has 1 fully saturated rings. The predicted octanol–water partition coefficient (Wildman–Crippen LogP) is 3.41. The number of benzene rings is 2. The zero-order valence-corrected chi connectivity index (χ0v) is 16.2. The van der Waals surface area contributed by atoms with Crippen LogP contribution in [-0.4, -0.2) is 36.8 Å². The number of nitrogens with zero attached hydrogens (tertiary/aromatic N) is 2. The molecule has 0 aliphatic carbocycles. The van der Waals surface area contributed by atoms with E-state index in [-0.39, 0.29) is 6.79 Å². The lowest BCUT2D eigenvalue weighted by Gasteiger charge is -2.34. The molecule has 1 aromatic heterocycles. The van der Waals surface area contributed by atoms with E-state index in [2.05, 4.69) is 10.2 Å². The largest absolute Gasteiger partial charge is 0.485 e. The first-order valence-corrected chi connectivity index (χ1v) is 10.0. The van der Waals surface area contributed by atoms with E-state index in [0.717, 1.165) is 35.7 Å². The molecule has 4 heterocycles. The fraction of sp³-hybridized carbons (Fsp3) is 0.364. The summed E-state index contributed by atoms with van der Waals surface area (Å²) in [7, 11) is 0. The number of para-hydroxylation sites is 2. The third kappa shape index (κ3) is 2.79. The summed E-state index contributed by atoms with van der Waals surface area (Å²) in [4.78, 5) is 0. The number of rotatable bonds is 3. The molecule has 1 saturated heterocycles. The lowest BCUT2D eigenvalue weighted by molar-refractivity contribution is 0.0480. The molecule has 0 amide bonds. The van der Waals surface area contributed by atoms with Crippen LogP contribution in [0.25, 0.3) is 0 Å². The van der Waals surface area contributed by atoms with Gasteiger partial charge in [-0.2, -0.15) is 0 Å². The van der Waals surface area contributed by atoms with E-state index in [1.807, 2.05) is 42.5 Å². The normalized spacial score (nSPS) is 21.4. The van der Waals surface area contributed by atoms with Gasteiger partial charge in [-0.3, -0.25) is 0 Å². The number of fused-ring (bicyclic) bond motifs is 2. The molecule has 0 unspecified atom stereocenters. The second-order valence-electron chi connectivity index (χ2n) is 7.57. The SMILES string of the molecule is c1ccc2c(c1)OC[C@@H](c1nnc(C3(c4ccc5c(c4)OCO5)CCOCC3)o1)O2. The minimum absolute atomic E-state index is 0.236. The maximum absolute atomic E-state index is 6.20. The number of aromatic nitrogens is 2. The summed E-state index contributed by atoms with van der Waals surface area (Å²) in [6, 6.07) is 13.5. The Morgan fingerprint density at radius 3 is 2.53 bits per heavy atom. The summed E-state index contributed by atoms with van der Waals surface area (Å²) < 4.78 is 34.7. The van der Waals surface area contributed by atoms with Crippen LogP contribution < -0.4 is 18.9 Å². The lowest BCUT2D eigenvalue weighted by atomic mass is 9.74. The van der Waals surface area contributed by atoms with Crippen molar-refractivity contribution in [1.82, 2.24) is 10.2 Å². The maximum atomic E-state index is 6.20. The van der Waals surface area contributed by atoms with Gasteiger partial charge in [0.15, 0.2) is 23.0 Å². The standard InChI is InChI=1S/C22H20N2O6/c1-2-4-17-15(3-1)26-12-19(29-17)20-23-24-21(30-20)22(7-9-25-10-8-22)14-5-6-16-18(11-14)28-13-27-16/h1-6,11,19H,7-10,12-13H2/t19-/m0/s1. The first-order chi connectivity index (χ1) is 14.8. The molecular weight excluding hydrogens is 388 g/mol. The molecule has 3 aliphatic heterocycles. The van der Waals surface area contributed by atoms with Crippen molar-refractivity contribution in [3.8, 4) is 23.0 Å². The third-order valence-corrected chi connectivity index (χ3v) is 5.91. The molecule has 154 valence electrons. The van der Waals surface area contributed by atoms with Crippen molar-refractivity contribution in [2.45, 2.75) is 24.4 Å². The highest BCUT2D eigenvalue weighted by atomic mass is 16.7. The third-order valence-electron chi connectivity index (χ3n) is 5.91. The average Bonchev–Trinajstić information content (AvgIpc) is 3.49. The van der Waals surface area contributed by atoms with Gasteiger partial charge in [0.25, 0.3) is 5.89 Å². The molecule has 30 heavy (non-hydrogen) atoms. The molecule has 3 aliphatic rings. The van der Waals surface area contributed by atoms with Gasteiger partial charge in [-0.05, 0) is 42.7 Å². The summed E-state index contributed by atoms with van der Waals surface area (Å²) in [5.41, 5.74) is 0.606. The molecule has 2 aromatic carbocycles. The van der Waals surface area contributed by atoms with E-state index in [0.29, 0.717) is 37.4 Å². The second kappa shape index (κ2) is 6.91. The minimum atomic E-state index is -0.449.